The lowest BCUT2D eigenvalue weighted by molar-refractivity contribution is 0.322. The van der Waals surface area contributed by atoms with Crippen LogP contribution in [0.4, 0.5) is 0 Å². The molecule has 72 valence electrons. The van der Waals surface area contributed by atoms with Crippen LogP contribution in [0.3, 0.4) is 0 Å². The Labute approximate surface area is 78.7 Å². The van der Waals surface area contributed by atoms with E-state index >= 15 is 0 Å². The number of aliphatic hydroxyl groups is 1. The Kier molecular flexibility index (Phi) is 11.1. The van der Waals surface area contributed by atoms with Crippen LogP contribution in [-0.2, 0) is 0 Å². The van der Waals surface area contributed by atoms with Gasteiger partial charge in [0.2, 0.25) is 0 Å². The third kappa shape index (κ3) is 5.64. The molecule has 3 heteroatoms. The summed E-state index contributed by atoms with van der Waals surface area (Å²) in [4.78, 5) is 0. The van der Waals surface area contributed by atoms with Gasteiger partial charge in [-0.1, -0.05) is 43.1 Å². The summed E-state index contributed by atoms with van der Waals surface area (Å²) in [6.07, 6.45) is 6.08. The molecule has 2 N–H and O–H groups in total. The van der Waals surface area contributed by atoms with Crippen LogP contribution in [0.15, 0.2) is 54.3 Å². The predicted octanol–water partition coefficient (Wildman–Crippen LogP) is 1.91. The Balaban J connectivity index is 0. The summed E-state index contributed by atoms with van der Waals surface area (Å²) >= 11 is 0. The third-order valence-electron chi connectivity index (χ3n) is 1.19. The maximum atomic E-state index is 8.23. The number of hydrogen-bond acceptors (Lipinski definition) is 3. The molecule has 0 amide bonds. The van der Waals surface area contributed by atoms with Crippen LogP contribution in [-0.4, -0.2) is 23.6 Å². The van der Waals surface area contributed by atoms with E-state index in [0.29, 0.717) is 5.57 Å². The van der Waals surface area contributed by atoms with E-state index in [1.54, 1.807) is 18.2 Å². The smallest absolute Gasteiger partial charge is 0.0739 e. The monoisotopic (exact) mass is 181 g/mol. The molecule has 0 unspecified atom stereocenters. The number of oxime groups is 1. The minimum Gasteiger partial charge on any atom is -0.411 e. The molecule has 0 aliphatic rings. The second kappa shape index (κ2) is 10.4. The van der Waals surface area contributed by atoms with E-state index < -0.39 is 0 Å². The second-order valence-electron chi connectivity index (χ2n) is 1.77. The lowest BCUT2D eigenvalue weighted by Crippen LogP contribution is -1.84. The van der Waals surface area contributed by atoms with Crippen LogP contribution in [0.1, 0.15) is 0 Å². The molecule has 0 aromatic rings. The Hall–Kier alpha value is -1.61. The first-order chi connectivity index (χ1) is 6.29. The van der Waals surface area contributed by atoms with Crippen molar-refractivity contribution in [2.75, 3.05) is 7.11 Å². The summed E-state index contributed by atoms with van der Waals surface area (Å²) < 4.78 is 0. The first-order valence-electron chi connectivity index (χ1n) is 3.53. The van der Waals surface area contributed by atoms with E-state index in [-0.39, 0.29) is 0 Å². The molecule has 3 nitrogen and oxygen atoms in total. The van der Waals surface area contributed by atoms with E-state index in [4.69, 9.17) is 10.3 Å². The lowest BCUT2D eigenvalue weighted by atomic mass is 10.1. The van der Waals surface area contributed by atoms with Gasteiger partial charge in [-0.25, -0.2) is 0 Å². The van der Waals surface area contributed by atoms with Crippen molar-refractivity contribution in [1.82, 2.24) is 0 Å². The summed E-state index contributed by atoms with van der Waals surface area (Å²) in [7, 11) is 1.00. The summed E-state index contributed by atoms with van der Waals surface area (Å²) in [5.41, 5.74) is 1.48. The minimum atomic E-state index is 0.692. The Morgan fingerprint density at radius 3 is 1.62 bits per heavy atom. The molecule has 0 aliphatic heterocycles. The highest BCUT2D eigenvalue weighted by Gasteiger charge is 1.91. The third-order valence-corrected chi connectivity index (χ3v) is 1.19. The fourth-order valence-electron chi connectivity index (χ4n) is 0.626. The van der Waals surface area contributed by atoms with E-state index in [1.807, 2.05) is 0 Å². The van der Waals surface area contributed by atoms with Crippen molar-refractivity contribution >= 4 is 6.21 Å². The normalized spacial score (nSPS) is 8.15. The van der Waals surface area contributed by atoms with Gasteiger partial charge in [0.1, 0.15) is 0 Å². The molecule has 0 aliphatic carbocycles. The van der Waals surface area contributed by atoms with Crippen LogP contribution in [0.2, 0.25) is 0 Å². The quantitative estimate of drug-likeness (QED) is 0.301. The Bertz CT molecular complexity index is 217. The molecule has 13 heavy (non-hydrogen) atoms. The van der Waals surface area contributed by atoms with Gasteiger partial charge in [-0.2, -0.15) is 0 Å². The van der Waals surface area contributed by atoms with E-state index in [9.17, 15) is 0 Å². The van der Waals surface area contributed by atoms with Gasteiger partial charge in [0.25, 0.3) is 0 Å². The number of hydrogen-bond donors (Lipinski definition) is 2. The van der Waals surface area contributed by atoms with Gasteiger partial charge >= 0.3 is 0 Å². The minimum absolute atomic E-state index is 0.692. The van der Waals surface area contributed by atoms with Crippen molar-refractivity contribution in [3.63, 3.8) is 0 Å². The topological polar surface area (TPSA) is 52.8 Å². The highest BCUT2D eigenvalue weighted by atomic mass is 16.4. The summed E-state index contributed by atoms with van der Waals surface area (Å²) in [5, 5.41) is 18.1. The largest absolute Gasteiger partial charge is 0.411 e. The van der Waals surface area contributed by atoms with Gasteiger partial charge in [-0.05, 0) is 5.57 Å². The Morgan fingerprint density at radius 1 is 1.00 bits per heavy atom. The van der Waals surface area contributed by atoms with Gasteiger partial charge in [0.05, 0.1) is 6.21 Å². The predicted molar refractivity (Wildman–Crippen MR) is 56.0 cm³/mol. The van der Waals surface area contributed by atoms with Gasteiger partial charge in [0, 0.05) is 12.7 Å². The SMILES string of the molecule is C=CC(C=C)=C(C=C)/C=N/O.CO. The molecule has 0 saturated carbocycles. The van der Waals surface area contributed by atoms with Crippen molar-refractivity contribution < 1.29 is 10.3 Å². The van der Waals surface area contributed by atoms with Gasteiger partial charge in [-0.15, -0.1) is 0 Å². The van der Waals surface area contributed by atoms with Crippen LogP contribution < -0.4 is 0 Å². The average molecular weight is 181 g/mol. The van der Waals surface area contributed by atoms with Gasteiger partial charge in [0.15, 0.2) is 0 Å². The van der Waals surface area contributed by atoms with E-state index in [0.717, 1.165) is 12.7 Å². The zero-order valence-corrected chi connectivity index (χ0v) is 7.77. The van der Waals surface area contributed by atoms with E-state index in [1.165, 1.54) is 6.21 Å². The maximum absolute atomic E-state index is 8.23. The van der Waals surface area contributed by atoms with Gasteiger partial charge < -0.3 is 10.3 Å². The number of aliphatic hydroxyl groups excluding tert-OH is 1. The van der Waals surface area contributed by atoms with Crippen LogP contribution in [0.25, 0.3) is 0 Å². The molecule has 0 heterocycles. The average Bonchev–Trinajstić information content (AvgIpc) is 2.21. The summed E-state index contributed by atoms with van der Waals surface area (Å²) in [6.45, 7) is 10.7. The molecule has 0 bridgehead atoms. The Morgan fingerprint density at radius 2 is 1.38 bits per heavy atom. The lowest BCUT2D eigenvalue weighted by Gasteiger charge is -1.95. The molecule has 0 radical (unpaired) electrons. The fraction of sp³-hybridized carbons (Fsp3) is 0.100. The molecule has 0 aromatic heterocycles. The first kappa shape index (κ1) is 13.9. The zero-order valence-electron chi connectivity index (χ0n) is 7.77. The molecule has 0 fully saturated rings. The van der Waals surface area contributed by atoms with Crippen molar-refractivity contribution in [3.8, 4) is 0 Å². The second-order valence-corrected chi connectivity index (χ2v) is 1.77. The summed E-state index contributed by atoms with van der Waals surface area (Å²) in [5.74, 6) is 0. The van der Waals surface area contributed by atoms with Crippen molar-refractivity contribution in [2.45, 2.75) is 0 Å². The van der Waals surface area contributed by atoms with Crippen LogP contribution in [0.5, 0.6) is 0 Å². The molecule has 0 rings (SSSR count). The highest BCUT2D eigenvalue weighted by molar-refractivity contribution is 5.84. The maximum Gasteiger partial charge on any atom is 0.0739 e. The molecular formula is C10H15NO2. The number of rotatable bonds is 4. The molecule has 0 spiro atoms. The molecule has 0 saturated heterocycles. The van der Waals surface area contributed by atoms with Crippen molar-refractivity contribution in [1.29, 1.82) is 0 Å². The molecule has 0 atom stereocenters. The van der Waals surface area contributed by atoms with Gasteiger partial charge in [-0.3, -0.25) is 0 Å². The van der Waals surface area contributed by atoms with Crippen molar-refractivity contribution in [2.24, 2.45) is 5.16 Å². The summed E-state index contributed by atoms with van der Waals surface area (Å²) in [6, 6.07) is 0. The first-order valence-corrected chi connectivity index (χ1v) is 3.53. The molecule has 0 aromatic carbocycles. The number of allylic oxidation sites excluding steroid dienone is 5. The fourth-order valence-corrected chi connectivity index (χ4v) is 0.626. The zero-order chi connectivity index (χ0) is 10.7. The molecular weight excluding hydrogens is 166 g/mol. The number of nitrogens with zero attached hydrogens (tertiary/aromatic N) is 1. The van der Waals surface area contributed by atoms with Crippen LogP contribution in [0, 0.1) is 0 Å². The van der Waals surface area contributed by atoms with Crippen molar-refractivity contribution in [3.05, 3.63) is 49.1 Å². The van der Waals surface area contributed by atoms with Crippen LogP contribution >= 0.6 is 0 Å². The standard InChI is InChI=1S/C9H11NO.CH4O/c1-4-8(5-2)9(6-3)7-10-11;1-2/h4-7,11H,1-3H2;2H,1H3/b10-7+;. The highest BCUT2D eigenvalue weighted by Crippen LogP contribution is 2.05. The van der Waals surface area contributed by atoms with E-state index in [2.05, 4.69) is 24.9 Å².